The molecule has 122 valence electrons. The van der Waals surface area contributed by atoms with Crippen LogP contribution in [0.4, 0.5) is 0 Å². The highest BCUT2D eigenvalue weighted by Crippen LogP contribution is 2.20. The van der Waals surface area contributed by atoms with Crippen molar-refractivity contribution >= 4 is 18.4 Å². The molecule has 0 fully saturated rings. The van der Waals surface area contributed by atoms with E-state index in [0.29, 0.717) is 11.7 Å². The van der Waals surface area contributed by atoms with Crippen LogP contribution in [-0.4, -0.2) is 25.4 Å². The van der Waals surface area contributed by atoms with Gasteiger partial charge in [0.25, 0.3) is 0 Å². The maximum atomic E-state index is 4.63. The number of rotatable bonds is 3. The topological polar surface area (TPSA) is 37.1 Å². The first-order valence-corrected chi connectivity index (χ1v) is 8.05. The maximum absolute atomic E-state index is 4.63. The Labute approximate surface area is 148 Å². The lowest BCUT2D eigenvalue weighted by atomic mass is 10.0. The van der Waals surface area contributed by atoms with E-state index < -0.39 is 0 Å². The van der Waals surface area contributed by atoms with Crippen LogP contribution in [-0.2, 0) is 0 Å². The zero-order valence-electron chi connectivity index (χ0n) is 14.1. The van der Waals surface area contributed by atoms with E-state index in [1.807, 2.05) is 60.7 Å². The monoisotopic (exact) mass is 325 g/mol. The normalized spacial score (nSPS) is 12.0. The van der Waals surface area contributed by atoms with Crippen LogP contribution in [0, 0.1) is 0 Å². The molecule has 0 saturated carbocycles. The number of nitrogens with zero attached hydrogens (tertiary/aromatic N) is 3. The fraction of sp³-hybridized carbons (Fsp3) is 0.0455. The SMILES string of the molecule is C=N/C(=N\C(=N/C)c1ccccc1)c1cccc(-c2ccccc2)c1. The molecular formula is C22H19N3. The van der Waals surface area contributed by atoms with Gasteiger partial charge in [-0.15, -0.1) is 0 Å². The molecule has 0 heterocycles. The van der Waals surface area contributed by atoms with Gasteiger partial charge in [0.15, 0.2) is 11.7 Å². The van der Waals surface area contributed by atoms with Gasteiger partial charge in [-0.2, -0.15) is 0 Å². The van der Waals surface area contributed by atoms with E-state index in [9.17, 15) is 0 Å². The van der Waals surface area contributed by atoms with Crippen LogP contribution < -0.4 is 0 Å². The molecule has 3 rings (SSSR count). The van der Waals surface area contributed by atoms with Gasteiger partial charge in [0.2, 0.25) is 0 Å². The molecule has 0 aliphatic rings. The first-order chi connectivity index (χ1) is 12.3. The van der Waals surface area contributed by atoms with Gasteiger partial charge in [-0.1, -0.05) is 78.9 Å². The van der Waals surface area contributed by atoms with E-state index in [2.05, 4.69) is 46.0 Å². The fourth-order valence-corrected chi connectivity index (χ4v) is 2.59. The molecule has 0 radical (unpaired) electrons. The second-order valence-corrected chi connectivity index (χ2v) is 5.45. The smallest absolute Gasteiger partial charge is 0.161 e. The minimum atomic E-state index is 0.558. The summed E-state index contributed by atoms with van der Waals surface area (Å²) in [6.45, 7) is 3.69. The van der Waals surface area contributed by atoms with Crippen molar-refractivity contribution in [1.29, 1.82) is 0 Å². The summed E-state index contributed by atoms with van der Waals surface area (Å²) in [6.07, 6.45) is 0. The van der Waals surface area contributed by atoms with E-state index in [1.54, 1.807) is 7.05 Å². The third-order valence-electron chi connectivity index (χ3n) is 3.83. The van der Waals surface area contributed by atoms with Gasteiger partial charge >= 0.3 is 0 Å². The lowest BCUT2D eigenvalue weighted by Crippen LogP contribution is -2.04. The highest BCUT2D eigenvalue weighted by molar-refractivity contribution is 6.12. The lowest BCUT2D eigenvalue weighted by Gasteiger charge is -2.07. The van der Waals surface area contributed by atoms with Gasteiger partial charge in [-0.25, -0.2) is 9.98 Å². The second-order valence-electron chi connectivity index (χ2n) is 5.45. The third kappa shape index (κ3) is 3.96. The van der Waals surface area contributed by atoms with Crippen molar-refractivity contribution < 1.29 is 0 Å². The maximum Gasteiger partial charge on any atom is 0.161 e. The minimum absolute atomic E-state index is 0.558. The molecule has 0 atom stereocenters. The van der Waals surface area contributed by atoms with Crippen molar-refractivity contribution in [3.05, 3.63) is 96.1 Å². The lowest BCUT2D eigenvalue weighted by molar-refractivity contribution is 1.37. The van der Waals surface area contributed by atoms with Crippen LogP contribution in [0.3, 0.4) is 0 Å². The van der Waals surface area contributed by atoms with Crippen molar-refractivity contribution in [3.63, 3.8) is 0 Å². The number of benzene rings is 3. The van der Waals surface area contributed by atoms with Gasteiger partial charge < -0.3 is 0 Å². The number of aliphatic imine (C=N–C) groups is 3. The highest BCUT2D eigenvalue weighted by atomic mass is 15.0. The average Bonchev–Trinajstić information content (AvgIpc) is 2.70. The van der Waals surface area contributed by atoms with E-state index in [-0.39, 0.29) is 0 Å². The Balaban J connectivity index is 2.00. The Kier molecular flexibility index (Phi) is 5.27. The summed E-state index contributed by atoms with van der Waals surface area (Å²) < 4.78 is 0. The summed E-state index contributed by atoms with van der Waals surface area (Å²) in [5.74, 6) is 1.19. The fourth-order valence-electron chi connectivity index (χ4n) is 2.59. The van der Waals surface area contributed by atoms with Crippen molar-refractivity contribution in [2.45, 2.75) is 0 Å². The van der Waals surface area contributed by atoms with Gasteiger partial charge in [0.1, 0.15) is 0 Å². The summed E-state index contributed by atoms with van der Waals surface area (Å²) in [6, 6.07) is 28.2. The molecule has 0 amide bonds. The van der Waals surface area contributed by atoms with E-state index in [1.165, 1.54) is 0 Å². The Morgan fingerprint density at radius 1 is 0.680 bits per heavy atom. The third-order valence-corrected chi connectivity index (χ3v) is 3.83. The van der Waals surface area contributed by atoms with E-state index >= 15 is 0 Å². The highest BCUT2D eigenvalue weighted by Gasteiger charge is 2.07. The predicted octanol–water partition coefficient (Wildman–Crippen LogP) is 4.88. The first-order valence-electron chi connectivity index (χ1n) is 8.05. The molecule has 0 aliphatic heterocycles. The molecule has 3 heteroatoms. The predicted molar refractivity (Wildman–Crippen MR) is 107 cm³/mol. The van der Waals surface area contributed by atoms with Crippen molar-refractivity contribution in [2.24, 2.45) is 15.0 Å². The summed E-state index contributed by atoms with van der Waals surface area (Å²) >= 11 is 0. The van der Waals surface area contributed by atoms with Gasteiger partial charge in [0, 0.05) is 18.2 Å². The second kappa shape index (κ2) is 7.97. The van der Waals surface area contributed by atoms with Crippen LogP contribution >= 0.6 is 0 Å². The summed E-state index contributed by atoms with van der Waals surface area (Å²) in [4.78, 5) is 13.0. The van der Waals surface area contributed by atoms with Crippen molar-refractivity contribution in [1.82, 2.24) is 0 Å². The molecule has 0 aliphatic carbocycles. The van der Waals surface area contributed by atoms with Crippen LogP contribution in [0.25, 0.3) is 11.1 Å². The molecule has 0 aromatic heterocycles. The number of amidine groups is 2. The zero-order valence-corrected chi connectivity index (χ0v) is 14.1. The molecule has 3 aromatic carbocycles. The summed E-state index contributed by atoms with van der Waals surface area (Å²) in [7, 11) is 1.73. The molecule has 3 nitrogen and oxygen atoms in total. The van der Waals surface area contributed by atoms with Crippen molar-refractivity contribution in [3.8, 4) is 11.1 Å². The first kappa shape index (κ1) is 16.5. The largest absolute Gasteiger partial charge is 0.270 e. The van der Waals surface area contributed by atoms with Crippen LogP contribution in [0.1, 0.15) is 11.1 Å². The average molecular weight is 325 g/mol. The molecule has 0 N–H and O–H groups in total. The Hall–Kier alpha value is -3.33. The number of hydrogen-bond donors (Lipinski definition) is 0. The minimum Gasteiger partial charge on any atom is -0.270 e. The summed E-state index contributed by atoms with van der Waals surface area (Å²) in [5.41, 5.74) is 4.13. The summed E-state index contributed by atoms with van der Waals surface area (Å²) in [5, 5.41) is 0. The molecule has 0 unspecified atom stereocenters. The van der Waals surface area contributed by atoms with Gasteiger partial charge in [-0.05, 0) is 23.9 Å². The molecule has 25 heavy (non-hydrogen) atoms. The van der Waals surface area contributed by atoms with E-state index in [4.69, 9.17) is 0 Å². The van der Waals surface area contributed by atoms with Gasteiger partial charge in [-0.3, -0.25) is 4.99 Å². The molecule has 0 spiro atoms. The molecule has 0 bridgehead atoms. The quantitative estimate of drug-likeness (QED) is 0.486. The Bertz CT molecular complexity index is 910. The standard InChI is InChI=1S/C22H19N3/c1-23-21(18-12-7-4-8-13-18)25-22(24-2)20-15-9-14-19(16-20)17-10-5-3-6-11-17/h3-16H,2H2,1H3/b23-21-,25-22-. The van der Waals surface area contributed by atoms with Crippen LogP contribution in [0.2, 0.25) is 0 Å². The van der Waals surface area contributed by atoms with E-state index in [0.717, 1.165) is 22.3 Å². The van der Waals surface area contributed by atoms with Crippen molar-refractivity contribution in [2.75, 3.05) is 7.05 Å². The molecule has 3 aromatic rings. The van der Waals surface area contributed by atoms with Crippen LogP contribution in [0.5, 0.6) is 0 Å². The van der Waals surface area contributed by atoms with Crippen LogP contribution in [0.15, 0.2) is 99.9 Å². The Morgan fingerprint density at radius 2 is 1.28 bits per heavy atom. The van der Waals surface area contributed by atoms with Gasteiger partial charge in [0.05, 0.1) is 0 Å². The molecule has 0 saturated heterocycles. The Morgan fingerprint density at radius 3 is 1.92 bits per heavy atom. The molecular weight excluding hydrogens is 306 g/mol. The number of hydrogen-bond acceptors (Lipinski definition) is 1. The zero-order chi connectivity index (χ0) is 17.5.